The fourth-order valence-corrected chi connectivity index (χ4v) is 3.96. The standard InChI is InChI=1S/C23H26FN5O2/c1-15-10-20(21(13-25-15)31-14-18-5-7-28(18)9-6-24)17-4-8-29-19(11-17)12-22(27-29)26-23(30)16-2-3-16/h4,8,10-13,16,18H,2-3,5-7,9,14H2,1H3,(H,26,27,30)/t18-/m0/s1. The highest BCUT2D eigenvalue weighted by Gasteiger charge is 2.30. The van der Waals surface area contributed by atoms with Gasteiger partial charge in [-0.05, 0) is 49.9 Å². The number of carbonyl (C=O) groups is 1. The number of nitrogens with zero attached hydrogens (tertiary/aromatic N) is 4. The third-order valence-electron chi connectivity index (χ3n) is 6.05. The normalized spacial score (nSPS) is 18.7. The lowest BCUT2D eigenvalue weighted by Gasteiger charge is -2.40. The van der Waals surface area contributed by atoms with Crippen LogP contribution in [0.2, 0.25) is 0 Å². The summed E-state index contributed by atoms with van der Waals surface area (Å²) in [5, 5.41) is 7.34. The second-order valence-corrected chi connectivity index (χ2v) is 8.38. The van der Waals surface area contributed by atoms with E-state index >= 15 is 0 Å². The number of anilines is 1. The smallest absolute Gasteiger partial charge is 0.228 e. The molecule has 0 unspecified atom stereocenters. The quantitative estimate of drug-likeness (QED) is 0.601. The average molecular weight is 423 g/mol. The Balaban J connectivity index is 1.37. The molecule has 1 saturated carbocycles. The van der Waals surface area contributed by atoms with Gasteiger partial charge in [0.1, 0.15) is 19.0 Å². The average Bonchev–Trinajstić information content (AvgIpc) is 3.52. The van der Waals surface area contributed by atoms with Gasteiger partial charge in [0.05, 0.1) is 11.7 Å². The lowest BCUT2D eigenvalue weighted by Crippen LogP contribution is -2.51. The van der Waals surface area contributed by atoms with Crippen LogP contribution in [0.4, 0.5) is 10.2 Å². The maximum atomic E-state index is 12.6. The van der Waals surface area contributed by atoms with Crippen molar-refractivity contribution in [1.82, 2.24) is 19.5 Å². The number of alkyl halides is 1. The molecule has 1 N–H and O–H groups in total. The number of hydrogen-bond acceptors (Lipinski definition) is 5. The number of ether oxygens (including phenoxy) is 1. The first kappa shape index (κ1) is 19.9. The SMILES string of the molecule is Cc1cc(-c2ccn3nc(NC(=O)C4CC4)cc3c2)c(OC[C@@H]2CCN2CCF)cn1. The first-order valence-corrected chi connectivity index (χ1v) is 10.8. The molecular weight excluding hydrogens is 397 g/mol. The zero-order valence-corrected chi connectivity index (χ0v) is 17.6. The summed E-state index contributed by atoms with van der Waals surface area (Å²) in [5.41, 5.74) is 3.73. The number of halogens is 1. The topological polar surface area (TPSA) is 71.8 Å². The summed E-state index contributed by atoms with van der Waals surface area (Å²) in [6, 6.07) is 8.14. The zero-order valence-electron chi connectivity index (χ0n) is 17.6. The molecule has 3 aromatic heterocycles. The molecule has 0 bridgehead atoms. The van der Waals surface area contributed by atoms with E-state index in [9.17, 15) is 9.18 Å². The Morgan fingerprint density at radius 3 is 2.90 bits per heavy atom. The number of aromatic nitrogens is 3. The molecule has 2 aliphatic rings. The summed E-state index contributed by atoms with van der Waals surface area (Å²) in [7, 11) is 0. The first-order valence-electron chi connectivity index (χ1n) is 10.8. The molecule has 3 aromatic rings. The van der Waals surface area contributed by atoms with Crippen molar-refractivity contribution in [2.75, 3.05) is 31.7 Å². The number of aryl methyl sites for hydroxylation is 1. The van der Waals surface area contributed by atoms with Crippen molar-refractivity contribution in [2.24, 2.45) is 5.92 Å². The van der Waals surface area contributed by atoms with E-state index in [0.717, 1.165) is 48.1 Å². The van der Waals surface area contributed by atoms with Gasteiger partial charge in [0, 0.05) is 48.6 Å². The monoisotopic (exact) mass is 423 g/mol. The molecule has 162 valence electrons. The number of fused-ring (bicyclic) bond motifs is 1. The van der Waals surface area contributed by atoms with Gasteiger partial charge in [0.2, 0.25) is 5.91 Å². The van der Waals surface area contributed by atoms with Crippen molar-refractivity contribution in [3.8, 4) is 16.9 Å². The van der Waals surface area contributed by atoms with Crippen LogP contribution in [-0.4, -0.2) is 57.8 Å². The maximum absolute atomic E-state index is 12.6. The van der Waals surface area contributed by atoms with Gasteiger partial charge in [-0.1, -0.05) is 0 Å². The van der Waals surface area contributed by atoms with Crippen LogP contribution in [0.3, 0.4) is 0 Å². The molecule has 31 heavy (non-hydrogen) atoms. The van der Waals surface area contributed by atoms with Crippen LogP contribution in [-0.2, 0) is 4.79 Å². The lowest BCUT2D eigenvalue weighted by atomic mass is 10.0. The minimum absolute atomic E-state index is 0.0434. The van der Waals surface area contributed by atoms with E-state index in [1.165, 1.54) is 0 Å². The number of likely N-dealkylation sites (tertiary alicyclic amines) is 1. The molecule has 0 aromatic carbocycles. The van der Waals surface area contributed by atoms with Crippen LogP contribution >= 0.6 is 0 Å². The molecule has 0 radical (unpaired) electrons. The Hall–Kier alpha value is -3.00. The fourth-order valence-electron chi connectivity index (χ4n) is 3.96. The van der Waals surface area contributed by atoms with Crippen LogP contribution in [0.15, 0.2) is 36.7 Å². The molecule has 1 aliphatic heterocycles. The van der Waals surface area contributed by atoms with Gasteiger partial charge >= 0.3 is 0 Å². The predicted molar refractivity (Wildman–Crippen MR) is 116 cm³/mol. The number of amides is 1. The number of hydrogen-bond donors (Lipinski definition) is 1. The highest BCUT2D eigenvalue weighted by atomic mass is 19.1. The van der Waals surface area contributed by atoms with E-state index in [4.69, 9.17) is 4.74 Å². The lowest BCUT2D eigenvalue weighted by molar-refractivity contribution is -0.117. The van der Waals surface area contributed by atoms with Crippen LogP contribution in [0.25, 0.3) is 16.6 Å². The molecule has 1 atom stereocenters. The minimum atomic E-state index is -0.331. The summed E-state index contributed by atoms with van der Waals surface area (Å²) in [6.07, 6.45) is 6.57. The third-order valence-corrected chi connectivity index (χ3v) is 6.05. The largest absolute Gasteiger partial charge is 0.490 e. The number of pyridine rings is 2. The van der Waals surface area contributed by atoms with E-state index in [0.29, 0.717) is 24.7 Å². The van der Waals surface area contributed by atoms with Crippen LogP contribution in [0.1, 0.15) is 25.0 Å². The highest BCUT2D eigenvalue weighted by molar-refractivity contribution is 5.93. The first-order chi connectivity index (χ1) is 15.1. The van der Waals surface area contributed by atoms with Gasteiger partial charge in [0.15, 0.2) is 5.82 Å². The zero-order chi connectivity index (χ0) is 21.4. The van der Waals surface area contributed by atoms with Crippen molar-refractivity contribution in [3.63, 3.8) is 0 Å². The Morgan fingerprint density at radius 1 is 1.29 bits per heavy atom. The van der Waals surface area contributed by atoms with Crippen LogP contribution in [0.5, 0.6) is 5.75 Å². The number of carbonyl (C=O) groups excluding carboxylic acids is 1. The Morgan fingerprint density at radius 2 is 2.16 bits per heavy atom. The summed E-state index contributed by atoms with van der Waals surface area (Å²) in [4.78, 5) is 18.5. The van der Waals surface area contributed by atoms with Gasteiger partial charge in [0.25, 0.3) is 0 Å². The molecule has 1 aliphatic carbocycles. The number of rotatable bonds is 8. The molecule has 2 fully saturated rings. The van der Waals surface area contributed by atoms with Gasteiger partial charge in [-0.2, -0.15) is 5.10 Å². The van der Waals surface area contributed by atoms with Crippen molar-refractivity contribution >= 4 is 17.2 Å². The van der Waals surface area contributed by atoms with E-state index in [1.807, 2.05) is 37.4 Å². The van der Waals surface area contributed by atoms with Crippen LogP contribution < -0.4 is 10.1 Å². The predicted octanol–water partition coefficient (Wildman–Crippen LogP) is 3.48. The molecule has 1 saturated heterocycles. The number of nitrogens with one attached hydrogen (secondary N) is 1. The van der Waals surface area contributed by atoms with Gasteiger partial charge in [-0.3, -0.25) is 14.7 Å². The van der Waals surface area contributed by atoms with Crippen LogP contribution in [0, 0.1) is 12.8 Å². The maximum Gasteiger partial charge on any atom is 0.228 e. The Labute approximate surface area is 180 Å². The van der Waals surface area contributed by atoms with Crippen molar-refractivity contribution < 1.29 is 13.9 Å². The summed E-state index contributed by atoms with van der Waals surface area (Å²) in [6.45, 7) is 3.52. The van der Waals surface area contributed by atoms with Gasteiger partial charge in [-0.25, -0.2) is 8.91 Å². The second-order valence-electron chi connectivity index (χ2n) is 8.38. The fraction of sp³-hybridized carbons (Fsp3) is 0.435. The molecule has 7 nitrogen and oxygen atoms in total. The molecule has 1 amide bonds. The molecule has 4 heterocycles. The molecule has 0 spiro atoms. The second kappa shape index (κ2) is 8.26. The third kappa shape index (κ3) is 4.25. The Bertz CT molecular complexity index is 1110. The molecular formula is C23H26FN5O2. The Kier molecular flexibility index (Phi) is 5.31. The van der Waals surface area contributed by atoms with Gasteiger partial charge < -0.3 is 10.1 Å². The van der Waals surface area contributed by atoms with E-state index < -0.39 is 0 Å². The van der Waals surface area contributed by atoms with Gasteiger partial charge in [-0.15, -0.1) is 0 Å². The van der Waals surface area contributed by atoms with E-state index in [1.54, 1.807) is 10.7 Å². The van der Waals surface area contributed by atoms with Crippen molar-refractivity contribution in [1.29, 1.82) is 0 Å². The van der Waals surface area contributed by atoms with E-state index in [-0.39, 0.29) is 24.5 Å². The van der Waals surface area contributed by atoms with E-state index in [2.05, 4.69) is 20.3 Å². The molecule has 5 rings (SSSR count). The summed E-state index contributed by atoms with van der Waals surface area (Å²) in [5.74, 6) is 1.46. The minimum Gasteiger partial charge on any atom is -0.490 e. The summed E-state index contributed by atoms with van der Waals surface area (Å²) >= 11 is 0. The van der Waals surface area contributed by atoms with Crippen molar-refractivity contribution in [3.05, 3.63) is 42.4 Å². The summed E-state index contributed by atoms with van der Waals surface area (Å²) < 4.78 is 20.5. The highest BCUT2D eigenvalue weighted by Crippen LogP contribution is 2.33. The van der Waals surface area contributed by atoms with Crippen molar-refractivity contribution in [2.45, 2.75) is 32.2 Å². The molecule has 8 heteroatoms.